The quantitative estimate of drug-likeness (QED) is 0.844. The van der Waals surface area contributed by atoms with Crippen molar-refractivity contribution in [3.05, 3.63) is 36.0 Å². The summed E-state index contributed by atoms with van der Waals surface area (Å²) in [5.41, 5.74) is 1.93. The molecule has 1 atom stereocenters. The first-order valence-electron chi connectivity index (χ1n) is 7.56. The van der Waals surface area contributed by atoms with Crippen LogP contribution in [0, 0.1) is 11.3 Å². The molecule has 0 unspecified atom stereocenters. The normalized spacial score (nSPS) is 13.6. The van der Waals surface area contributed by atoms with E-state index < -0.39 is 10.2 Å². The maximum absolute atomic E-state index is 12.8. The van der Waals surface area contributed by atoms with Crippen LogP contribution in [0.15, 0.2) is 30.5 Å². The number of nitrogens with one attached hydrogen (secondary N) is 1. The smallest absolute Gasteiger partial charge is 0.282 e. The second kappa shape index (κ2) is 7.13. The number of rotatable bonds is 7. The van der Waals surface area contributed by atoms with Crippen LogP contribution < -0.4 is 0 Å². The van der Waals surface area contributed by atoms with Crippen LogP contribution in [0.1, 0.15) is 25.8 Å². The van der Waals surface area contributed by atoms with Crippen molar-refractivity contribution >= 4 is 21.1 Å². The van der Waals surface area contributed by atoms with Gasteiger partial charge in [-0.3, -0.25) is 0 Å². The third-order valence-electron chi connectivity index (χ3n) is 4.07. The number of hydrogen-bond acceptors (Lipinski definition) is 3. The van der Waals surface area contributed by atoms with E-state index in [1.807, 2.05) is 43.5 Å². The lowest BCUT2D eigenvalue weighted by Gasteiger charge is -2.29. The van der Waals surface area contributed by atoms with Crippen molar-refractivity contribution in [1.29, 1.82) is 5.26 Å². The first-order valence-corrected chi connectivity index (χ1v) is 8.96. The molecular formula is C16H22N4O2S. The summed E-state index contributed by atoms with van der Waals surface area (Å²) in [6.07, 6.45) is 2.02. The largest absolute Gasteiger partial charge is 0.361 e. The fourth-order valence-electron chi connectivity index (χ4n) is 2.48. The Morgan fingerprint density at radius 1 is 1.35 bits per heavy atom. The Kier molecular flexibility index (Phi) is 5.42. The molecular weight excluding hydrogens is 312 g/mol. The third kappa shape index (κ3) is 3.55. The number of benzene rings is 1. The van der Waals surface area contributed by atoms with Gasteiger partial charge in [0.2, 0.25) is 0 Å². The highest BCUT2D eigenvalue weighted by atomic mass is 32.2. The monoisotopic (exact) mass is 334 g/mol. The van der Waals surface area contributed by atoms with Crippen LogP contribution >= 0.6 is 0 Å². The van der Waals surface area contributed by atoms with Crippen molar-refractivity contribution < 1.29 is 8.42 Å². The Morgan fingerprint density at radius 3 is 2.70 bits per heavy atom. The summed E-state index contributed by atoms with van der Waals surface area (Å²) in [6, 6.07) is 9.47. The van der Waals surface area contributed by atoms with E-state index in [1.54, 1.807) is 6.92 Å². The van der Waals surface area contributed by atoms with Gasteiger partial charge in [0, 0.05) is 43.3 Å². The summed E-state index contributed by atoms with van der Waals surface area (Å²) in [4.78, 5) is 3.16. The molecule has 1 N–H and O–H groups in total. The van der Waals surface area contributed by atoms with Gasteiger partial charge in [-0.2, -0.15) is 22.3 Å². The lowest BCUT2D eigenvalue weighted by Crippen LogP contribution is -2.45. The van der Waals surface area contributed by atoms with Crippen molar-refractivity contribution in [2.45, 2.75) is 32.9 Å². The number of fused-ring (bicyclic) bond motifs is 1. The molecule has 6 nitrogen and oxygen atoms in total. The molecule has 0 aliphatic heterocycles. The fraction of sp³-hybridized carbons (Fsp3) is 0.438. The van der Waals surface area contributed by atoms with Crippen molar-refractivity contribution in [3.8, 4) is 6.07 Å². The molecule has 0 spiro atoms. The predicted molar refractivity (Wildman–Crippen MR) is 90.8 cm³/mol. The molecule has 1 aromatic heterocycles. The molecule has 0 fully saturated rings. The summed E-state index contributed by atoms with van der Waals surface area (Å²) in [5, 5.41) is 9.81. The standard InChI is InChI=1S/C16H22N4O2S/c1-4-20(23(21,22)19(3)13(2)9-10-17)12-14-11-18-16-8-6-5-7-15(14)16/h5-8,11,13,18H,4,9,12H2,1-3H3/t13-/m1/s1. The molecule has 7 heteroatoms. The van der Waals surface area contributed by atoms with Crippen LogP contribution in [0.4, 0.5) is 0 Å². The van der Waals surface area contributed by atoms with E-state index in [-0.39, 0.29) is 12.5 Å². The lowest BCUT2D eigenvalue weighted by molar-refractivity contribution is 0.329. The molecule has 0 amide bonds. The SMILES string of the molecule is CCN(Cc1c[nH]c2ccccc12)S(=O)(=O)N(C)[C@H](C)CC#N. The van der Waals surface area contributed by atoms with E-state index in [0.717, 1.165) is 16.5 Å². The van der Waals surface area contributed by atoms with Gasteiger partial charge in [-0.25, -0.2) is 0 Å². The van der Waals surface area contributed by atoms with E-state index in [9.17, 15) is 8.42 Å². The number of nitrogens with zero attached hydrogens (tertiary/aromatic N) is 3. The summed E-state index contributed by atoms with van der Waals surface area (Å²) < 4.78 is 28.2. The zero-order valence-electron chi connectivity index (χ0n) is 13.7. The molecule has 2 aromatic rings. The van der Waals surface area contributed by atoms with Crippen LogP contribution in [0.3, 0.4) is 0 Å². The van der Waals surface area contributed by atoms with Crippen LogP contribution in [-0.4, -0.2) is 41.6 Å². The Morgan fingerprint density at radius 2 is 2.04 bits per heavy atom. The Balaban J connectivity index is 2.27. The van der Waals surface area contributed by atoms with E-state index in [4.69, 9.17) is 5.26 Å². The number of nitriles is 1. The van der Waals surface area contributed by atoms with E-state index >= 15 is 0 Å². The molecule has 0 saturated carbocycles. The second-order valence-corrected chi connectivity index (χ2v) is 7.51. The van der Waals surface area contributed by atoms with Gasteiger partial charge in [0.05, 0.1) is 12.5 Å². The van der Waals surface area contributed by atoms with Gasteiger partial charge in [0.15, 0.2) is 0 Å². The molecule has 0 aliphatic carbocycles. The highest BCUT2D eigenvalue weighted by Gasteiger charge is 2.29. The van der Waals surface area contributed by atoms with Gasteiger partial charge in [-0.05, 0) is 18.6 Å². The van der Waals surface area contributed by atoms with E-state index in [0.29, 0.717) is 13.1 Å². The van der Waals surface area contributed by atoms with Crippen molar-refractivity contribution in [1.82, 2.24) is 13.6 Å². The summed E-state index contributed by atoms with van der Waals surface area (Å²) in [7, 11) is -2.09. The Labute approximate surface area is 137 Å². The molecule has 0 saturated heterocycles. The molecule has 23 heavy (non-hydrogen) atoms. The van der Waals surface area contributed by atoms with Crippen LogP contribution in [0.2, 0.25) is 0 Å². The maximum Gasteiger partial charge on any atom is 0.282 e. The number of aromatic amines is 1. The second-order valence-electron chi connectivity index (χ2n) is 5.52. The van der Waals surface area contributed by atoms with Crippen molar-refractivity contribution in [2.24, 2.45) is 0 Å². The van der Waals surface area contributed by atoms with Crippen LogP contribution in [0.5, 0.6) is 0 Å². The average molecular weight is 334 g/mol. The van der Waals surface area contributed by atoms with Gasteiger partial charge < -0.3 is 4.98 Å². The van der Waals surface area contributed by atoms with Crippen LogP contribution in [0.25, 0.3) is 10.9 Å². The highest BCUT2D eigenvalue weighted by molar-refractivity contribution is 7.86. The molecule has 1 heterocycles. The number of aromatic nitrogens is 1. The van der Waals surface area contributed by atoms with Gasteiger partial charge in [-0.15, -0.1) is 0 Å². The van der Waals surface area contributed by atoms with E-state index in [1.165, 1.54) is 15.7 Å². The van der Waals surface area contributed by atoms with Gasteiger partial charge >= 0.3 is 0 Å². The van der Waals surface area contributed by atoms with E-state index in [2.05, 4.69) is 4.98 Å². The maximum atomic E-state index is 12.8. The Hall–Kier alpha value is -1.88. The minimum atomic E-state index is -3.62. The molecule has 124 valence electrons. The highest BCUT2D eigenvalue weighted by Crippen LogP contribution is 2.22. The molecule has 2 rings (SSSR count). The minimum Gasteiger partial charge on any atom is -0.361 e. The number of H-pyrrole nitrogens is 1. The first kappa shape index (κ1) is 17.5. The summed E-state index contributed by atoms with van der Waals surface area (Å²) >= 11 is 0. The Bertz CT molecular complexity index is 807. The molecule has 0 aliphatic rings. The van der Waals surface area contributed by atoms with Crippen LogP contribution in [-0.2, 0) is 16.8 Å². The van der Waals surface area contributed by atoms with Gasteiger partial charge in [0.25, 0.3) is 10.2 Å². The molecule has 1 aromatic carbocycles. The molecule has 0 radical (unpaired) electrons. The third-order valence-corrected chi connectivity index (χ3v) is 6.20. The first-order chi connectivity index (χ1) is 10.9. The van der Waals surface area contributed by atoms with Crippen molar-refractivity contribution in [3.63, 3.8) is 0 Å². The minimum absolute atomic E-state index is 0.167. The zero-order chi connectivity index (χ0) is 17.0. The zero-order valence-corrected chi connectivity index (χ0v) is 14.5. The lowest BCUT2D eigenvalue weighted by atomic mass is 10.2. The van der Waals surface area contributed by atoms with Crippen molar-refractivity contribution in [2.75, 3.05) is 13.6 Å². The topological polar surface area (TPSA) is 80.2 Å². The summed E-state index contributed by atoms with van der Waals surface area (Å²) in [6.45, 7) is 4.22. The van der Waals surface area contributed by atoms with Gasteiger partial charge in [0.1, 0.15) is 0 Å². The predicted octanol–water partition coefficient (Wildman–Crippen LogP) is 2.47. The fourth-order valence-corrected chi connectivity index (χ4v) is 4.00. The number of hydrogen-bond donors (Lipinski definition) is 1. The molecule has 0 bridgehead atoms. The number of para-hydroxylation sites is 1. The average Bonchev–Trinajstić information content (AvgIpc) is 2.95. The summed E-state index contributed by atoms with van der Waals surface area (Å²) in [5.74, 6) is 0. The van der Waals surface area contributed by atoms with Gasteiger partial charge in [-0.1, -0.05) is 25.1 Å².